The lowest BCUT2D eigenvalue weighted by molar-refractivity contribution is 0.189. The van der Waals surface area contributed by atoms with E-state index in [2.05, 4.69) is 15.3 Å². The number of carbonyl (C=O) groups is 1. The van der Waals surface area contributed by atoms with E-state index in [-0.39, 0.29) is 25.3 Å². The summed E-state index contributed by atoms with van der Waals surface area (Å²) in [4.78, 5) is 21.0. The minimum absolute atomic E-state index is 0.105. The molecule has 1 aliphatic rings. The van der Waals surface area contributed by atoms with Crippen LogP contribution in [0.4, 0.5) is 19.5 Å². The largest absolute Gasteiger partial charge is 0.465 e. The normalized spacial score (nSPS) is 19.9. The molecule has 3 rings (SSSR count). The maximum atomic E-state index is 14.1. The van der Waals surface area contributed by atoms with E-state index in [9.17, 15) is 13.6 Å². The molecule has 0 spiro atoms. The average Bonchev–Trinajstić information content (AvgIpc) is 3.00. The Morgan fingerprint density at radius 2 is 2.00 bits per heavy atom. The number of carboxylic acid groups (broad SMARTS) is 1. The molecule has 0 aliphatic carbocycles. The van der Waals surface area contributed by atoms with Gasteiger partial charge in [-0.25, -0.2) is 23.5 Å². The lowest BCUT2D eigenvalue weighted by atomic mass is 9.94. The first kappa shape index (κ1) is 17.0. The summed E-state index contributed by atoms with van der Waals surface area (Å²) in [6, 6.07) is 2.48. The highest BCUT2D eigenvalue weighted by Gasteiger charge is 2.37. The molecule has 132 valence electrons. The number of nitrogens with one attached hydrogen (secondary N) is 1. The molecule has 1 aromatic heterocycles. The Balaban J connectivity index is 1.89. The molecular weight excluding hydrogens is 334 g/mol. The third kappa shape index (κ3) is 3.66. The van der Waals surface area contributed by atoms with Crippen LogP contribution in [-0.2, 0) is 6.61 Å². The van der Waals surface area contributed by atoms with Crippen molar-refractivity contribution in [2.75, 3.05) is 18.0 Å². The van der Waals surface area contributed by atoms with Crippen molar-refractivity contribution in [3.05, 3.63) is 53.4 Å². The van der Waals surface area contributed by atoms with Gasteiger partial charge >= 0.3 is 6.09 Å². The van der Waals surface area contributed by atoms with E-state index in [0.29, 0.717) is 11.5 Å². The van der Waals surface area contributed by atoms with Crippen LogP contribution in [0.2, 0.25) is 0 Å². The van der Waals surface area contributed by atoms with E-state index in [0.717, 1.165) is 18.2 Å². The minimum atomic E-state index is -1.25. The highest BCUT2D eigenvalue weighted by molar-refractivity contribution is 5.65. The van der Waals surface area contributed by atoms with Crippen molar-refractivity contribution in [3.63, 3.8) is 0 Å². The van der Waals surface area contributed by atoms with E-state index in [4.69, 9.17) is 10.2 Å². The van der Waals surface area contributed by atoms with Gasteiger partial charge in [0, 0.05) is 37.0 Å². The third-order valence-electron chi connectivity index (χ3n) is 4.14. The Hall–Kier alpha value is -2.81. The van der Waals surface area contributed by atoms with E-state index >= 15 is 0 Å². The molecule has 1 aliphatic heterocycles. The van der Waals surface area contributed by atoms with E-state index < -0.39 is 29.7 Å². The molecule has 0 saturated carbocycles. The molecular formula is C16H16F2N4O3. The molecule has 1 aromatic carbocycles. The molecule has 9 heteroatoms. The number of aromatic nitrogens is 2. The Labute approximate surface area is 142 Å². The van der Waals surface area contributed by atoms with Gasteiger partial charge in [0.25, 0.3) is 0 Å². The summed E-state index contributed by atoms with van der Waals surface area (Å²) in [7, 11) is 0. The zero-order valence-corrected chi connectivity index (χ0v) is 13.1. The lowest BCUT2D eigenvalue weighted by Crippen LogP contribution is -2.39. The van der Waals surface area contributed by atoms with Crippen molar-refractivity contribution < 1.29 is 23.8 Å². The standard InChI is InChI=1S/C16H16F2N4O3/c17-10-1-2-13(18)11(3-10)12-6-22(7-14(12)21-16(24)25)15-19-4-9(8-23)5-20-15/h1-5,12,14,21,23H,6-8H2,(H,24,25)/t12-,14+/m1/s1. The number of aliphatic hydroxyl groups excluding tert-OH is 1. The summed E-state index contributed by atoms with van der Waals surface area (Å²) >= 11 is 0. The fraction of sp³-hybridized carbons (Fsp3) is 0.312. The summed E-state index contributed by atoms with van der Waals surface area (Å²) in [5.74, 6) is -1.45. The number of rotatable bonds is 4. The van der Waals surface area contributed by atoms with Crippen LogP contribution in [0.15, 0.2) is 30.6 Å². The maximum Gasteiger partial charge on any atom is 0.404 e. The van der Waals surface area contributed by atoms with Crippen LogP contribution < -0.4 is 10.2 Å². The van der Waals surface area contributed by atoms with Crippen LogP contribution in [0, 0.1) is 11.6 Å². The highest BCUT2D eigenvalue weighted by atomic mass is 19.1. The van der Waals surface area contributed by atoms with Gasteiger partial charge < -0.3 is 20.4 Å². The number of nitrogens with zero attached hydrogens (tertiary/aromatic N) is 3. The van der Waals surface area contributed by atoms with Gasteiger partial charge in [-0.1, -0.05) is 0 Å². The van der Waals surface area contributed by atoms with Crippen LogP contribution in [0.25, 0.3) is 0 Å². The Morgan fingerprint density at radius 3 is 2.64 bits per heavy atom. The quantitative estimate of drug-likeness (QED) is 0.773. The minimum Gasteiger partial charge on any atom is -0.465 e. The summed E-state index contributed by atoms with van der Waals surface area (Å²) < 4.78 is 27.7. The number of hydrogen-bond acceptors (Lipinski definition) is 5. The molecule has 0 radical (unpaired) electrons. The Morgan fingerprint density at radius 1 is 1.28 bits per heavy atom. The van der Waals surface area contributed by atoms with Gasteiger partial charge in [-0.3, -0.25) is 0 Å². The maximum absolute atomic E-state index is 14.1. The molecule has 1 fully saturated rings. The van der Waals surface area contributed by atoms with E-state index in [1.807, 2.05) is 0 Å². The smallest absolute Gasteiger partial charge is 0.404 e. The van der Waals surface area contributed by atoms with Gasteiger partial charge in [-0.05, 0) is 23.8 Å². The zero-order chi connectivity index (χ0) is 18.0. The van der Waals surface area contributed by atoms with Gasteiger partial charge in [0.1, 0.15) is 11.6 Å². The predicted molar refractivity (Wildman–Crippen MR) is 84.2 cm³/mol. The SMILES string of the molecule is O=C(O)N[C@H]1CN(c2ncc(CO)cn2)C[C@@H]1c1cc(F)ccc1F. The number of benzene rings is 1. The molecule has 2 atom stereocenters. The van der Waals surface area contributed by atoms with Crippen molar-refractivity contribution in [2.45, 2.75) is 18.6 Å². The molecule has 2 heterocycles. The van der Waals surface area contributed by atoms with Crippen molar-refractivity contribution in [3.8, 4) is 0 Å². The van der Waals surface area contributed by atoms with Crippen LogP contribution in [0.5, 0.6) is 0 Å². The molecule has 0 bridgehead atoms. The number of amides is 1. The number of anilines is 1. The van der Waals surface area contributed by atoms with Crippen molar-refractivity contribution in [1.82, 2.24) is 15.3 Å². The average molecular weight is 350 g/mol. The Bertz CT molecular complexity index is 772. The highest BCUT2D eigenvalue weighted by Crippen LogP contribution is 2.31. The fourth-order valence-electron chi connectivity index (χ4n) is 2.98. The van der Waals surface area contributed by atoms with Crippen molar-refractivity contribution in [2.24, 2.45) is 0 Å². The number of halogens is 2. The van der Waals surface area contributed by atoms with E-state index in [1.54, 1.807) is 4.90 Å². The molecule has 3 N–H and O–H groups in total. The monoisotopic (exact) mass is 350 g/mol. The molecule has 0 unspecified atom stereocenters. The molecule has 2 aromatic rings. The lowest BCUT2D eigenvalue weighted by Gasteiger charge is -2.18. The van der Waals surface area contributed by atoms with Gasteiger partial charge in [0.15, 0.2) is 0 Å². The second-order valence-corrected chi connectivity index (χ2v) is 5.78. The molecule has 1 amide bonds. The summed E-state index contributed by atoms with van der Waals surface area (Å²) in [6.07, 6.45) is 1.67. The van der Waals surface area contributed by atoms with Crippen LogP contribution in [0.1, 0.15) is 17.0 Å². The zero-order valence-electron chi connectivity index (χ0n) is 13.1. The molecule has 25 heavy (non-hydrogen) atoms. The van der Waals surface area contributed by atoms with Crippen molar-refractivity contribution in [1.29, 1.82) is 0 Å². The first-order valence-electron chi connectivity index (χ1n) is 7.59. The topological polar surface area (TPSA) is 98.6 Å². The van der Waals surface area contributed by atoms with Crippen LogP contribution >= 0.6 is 0 Å². The van der Waals surface area contributed by atoms with Gasteiger partial charge in [0.05, 0.1) is 12.6 Å². The second-order valence-electron chi connectivity index (χ2n) is 5.78. The summed E-state index contributed by atoms with van der Waals surface area (Å²) in [6.45, 7) is 0.246. The molecule has 1 saturated heterocycles. The summed E-state index contributed by atoms with van der Waals surface area (Å²) in [5, 5.41) is 20.4. The first-order chi connectivity index (χ1) is 12.0. The van der Waals surface area contributed by atoms with Crippen LogP contribution in [0.3, 0.4) is 0 Å². The first-order valence-corrected chi connectivity index (χ1v) is 7.59. The molecule has 7 nitrogen and oxygen atoms in total. The van der Waals surface area contributed by atoms with Crippen molar-refractivity contribution >= 4 is 12.0 Å². The van der Waals surface area contributed by atoms with Gasteiger partial charge in [-0.2, -0.15) is 0 Å². The van der Waals surface area contributed by atoms with Gasteiger partial charge in [-0.15, -0.1) is 0 Å². The van der Waals surface area contributed by atoms with E-state index in [1.165, 1.54) is 12.4 Å². The predicted octanol–water partition coefficient (Wildman–Crippen LogP) is 1.49. The second kappa shape index (κ2) is 6.98. The van der Waals surface area contributed by atoms with Gasteiger partial charge in [0.2, 0.25) is 5.95 Å². The fourth-order valence-corrected chi connectivity index (χ4v) is 2.98. The number of aliphatic hydroxyl groups is 1. The third-order valence-corrected chi connectivity index (χ3v) is 4.14. The Kier molecular flexibility index (Phi) is 4.75. The van der Waals surface area contributed by atoms with Crippen LogP contribution in [-0.4, -0.2) is 45.4 Å². The summed E-state index contributed by atoms with van der Waals surface area (Å²) in [5.41, 5.74) is 0.643. The number of hydrogen-bond donors (Lipinski definition) is 3.